The number of nitrogens with two attached hydrogens (primary N) is 1. The van der Waals surface area contributed by atoms with E-state index in [-0.39, 0.29) is 0 Å². The maximum absolute atomic E-state index is 8.68. The van der Waals surface area contributed by atoms with Crippen LogP contribution >= 0.6 is 0 Å². The molecular formula is C12H16N4. The molecule has 0 aromatic carbocycles. The number of hydrogen-bond donors (Lipinski definition) is 1. The SMILES string of the molecule is CC1CC(N)CCN1c1ccc(C#N)nc1. The van der Waals surface area contributed by atoms with E-state index in [1.54, 1.807) is 12.3 Å². The Bertz CT molecular complexity index is 392. The average Bonchev–Trinajstić information content (AvgIpc) is 2.29. The third-order valence-electron chi connectivity index (χ3n) is 3.11. The van der Waals surface area contributed by atoms with Crippen LogP contribution in [0, 0.1) is 11.3 Å². The molecule has 2 atom stereocenters. The van der Waals surface area contributed by atoms with Gasteiger partial charge in [-0.05, 0) is 31.9 Å². The number of rotatable bonds is 1. The first kappa shape index (κ1) is 10.9. The zero-order chi connectivity index (χ0) is 11.5. The predicted molar refractivity (Wildman–Crippen MR) is 63.0 cm³/mol. The Hall–Kier alpha value is -1.60. The summed E-state index contributed by atoms with van der Waals surface area (Å²) in [5.41, 5.74) is 7.47. The molecule has 1 saturated heterocycles. The summed E-state index contributed by atoms with van der Waals surface area (Å²) in [5.74, 6) is 0. The van der Waals surface area contributed by atoms with Crippen molar-refractivity contribution in [2.75, 3.05) is 11.4 Å². The lowest BCUT2D eigenvalue weighted by atomic mass is 9.99. The molecule has 1 aliphatic heterocycles. The molecule has 0 radical (unpaired) electrons. The molecule has 0 spiro atoms. The molecule has 2 heterocycles. The Morgan fingerprint density at radius 2 is 2.38 bits per heavy atom. The van der Waals surface area contributed by atoms with Gasteiger partial charge < -0.3 is 10.6 Å². The van der Waals surface area contributed by atoms with Crippen LogP contribution < -0.4 is 10.6 Å². The van der Waals surface area contributed by atoms with Crippen LogP contribution in [0.5, 0.6) is 0 Å². The highest BCUT2D eigenvalue weighted by Gasteiger charge is 2.23. The molecule has 16 heavy (non-hydrogen) atoms. The lowest BCUT2D eigenvalue weighted by molar-refractivity contribution is 0.429. The lowest BCUT2D eigenvalue weighted by Gasteiger charge is -2.37. The molecular weight excluding hydrogens is 200 g/mol. The lowest BCUT2D eigenvalue weighted by Crippen LogP contribution is -2.45. The molecule has 2 rings (SSSR count). The van der Waals surface area contributed by atoms with Gasteiger partial charge in [0.05, 0.1) is 11.9 Å². The molecule has 0 amide bonds. The van der Waals surface area contributed by atoms with Gasteiger partial charge in [0.15, 0.2) is 0 Å². The fraction of sp³-hybridized carbons (Fsp3) is 0.500. The fourth-order valence-corrected chi connectivity index (χ4v) is 2.21. The number of nitriles is 1. The van der Waals surface area contributed by atoms with Crippen LogP contribution in [0.25, 0.3) is 0 Å². The summed E-state index contributed by atoms with van der Waals surface area (Å²) in [6.07, 6.45) is 3.80. The second-order valence-electron chi connectivity index (χ2n) is 4.34. The van der Waals surface area contributed by atoms with E-state index >= 15 is 0 Å². The molecule has 2 N–H and O–H groups in total. The molecule has 1 aromatic rings. The minimum atomic E-state index is 0.317. The zero-order valence-corrected chi connectivity index (χ0v) is 9.43. The van der Waals surface area contributed by atoms with Gasteiger partial charge in [0.25, 0.3) is 0 Å². The summed E-state index contributed by atoms with van der Waals surface area (Å²) < 4.78 is 0. The summed E-state index contributed by atoms with van der Waals surface area (Å²) in [6.45, 7) is 3.15. The summed E-state index contributed by atoms with van der Waals surface area (Å²) in [4.78, 5) is 6.39. The van der Waals surface area contributed by atoms with Crippen LogP contribution in [0.2, 0.25) is 0 Å². The Labute approximate surface area is 95.7 Å². The van der Waals surface area contributed by atoms with Gasteiger partial charge in [0.2, 0.25) is 0 Å². The Morgan fingerprint density at radius 3 is 2.94 bits per heavy atom. The first-order chi connectivity index (χ1) is 7.70. The van der Waals surface area contributed by atoms with E-state index in [1.165, 1.54) is 0 Å². The van der Waals surface area contributed by atoms with Gasteiger partial charge in [0.1, 0.15) is 11.8 Å². The smallest absolute Gasteiger partial charge is 0.140 e. The molecule has 2 unspecified atom stereocenters. The number of piperidine rings is 1. The number of hydrogen-bond acceptors (Lipinski definition) is 4. The Balaban J connectivity index is 2.14. The molecule has 4 nitrogen and oxygen atoms in total. The number of anilines is 1. The van der Waals surface area contributed by atoms with Crippen molar-refractivity contribution in [3.8, 4) is 6.07 Å². The summed E-state index contributed by atoms with van der Waals surface area (Å²) in [6, 6.07) is 6.50. The maximum Gasteiger partial charge on any atom is 0.140 e. The van der Waals surface area contributed by atoms with Crippen LogP contribution in [0.15, 0.2) is 18.3 Å². The third kappa shape index (κ3) is 2.15. The van der Waals surface area contributed by atoms with Gasteiger partial charge in [-0.25, -0.2) is 4.98 Å². The number of aromatic nitrogens is 1. The highest BCUT2D eigenvalue weighted by molar-refractivity contribution is 5.47. The van der Waals surface area contributed by atoms with Crippen LogP contribution in [-0.2, 0) is 0 Å². The van der Waals surface area contributed by atoms with E-state index in [0.29, 0.717) is 17.8 Å². The largest absolute Gasteiger partial charge is 0.367 e. The summed E-state index contributed by atoms with van der Waals surface area (Å²) >= 11 is 0. The van der Waals surface area contributed by atoms with Crippen LogP contribution in [0.3, 0.4) is 0 Å². The van der Waals surface area contributed by atoms with Gasteiger partial charge in [-0.1, -0.05) is 0 Å². The van der Waals surface area contributed by atoms with Crippen molar-refractivity contribution in [2.45, 2.75) is 31.8 Å². The molecule has 1 aromatic heterocycles. The predicted octanol–water partition coefficient (Wildman–Crippen LogP) is 1.27. The number of nitrogens with zero attached hydrogens (tertiary/aromatic N) is 3. The molecule has 84 valence electrons. The molecule has 0 aliphatic carbocycles. The van der Waals surface area contributed by atoms with E-state index in [2.05, 4.69) is 16.8 Å². The zero-order valence-electron chi connectivity index (χ0n) is 9.43. The van der Waals surface area contributed by atoms with Crippen LogP contribution in [0.1, 0.15) is 25.5 Å². The highest BCUT2D eigenvalue weighted by atomic mass is 15.2. The average molecular weight is 216 g/mol. The standard InChI is InChI=1S/C12H16N4/c1-9-6-10(14)4-5-16(9)12-3-2-11(7-13)15-8-12/h2-3,8-10H,4-6,14H2,1H3. The molecule has 4 heteroatoms. The van der Waals surface area contributed by atoms with Crippen LogP contribution in [-0.4, -0.2) is 23.6 Å². The fourth-order valence-electron chi connectivity index (χ4n) is 2.21. The summed E-state index contributed by atoms with van der Waals surface area (Å²) in [5, 5.41) is 8.68. The normalized spacial score (nSPS) is 25.2. The second-order valence-corrected chi connectivity index (χ2v) is 4.34. The quantitative estimate of drug-likeness (QED) is 0.767. The topological polar surface area (TPSA) is 65.9 Å². The molecule has 1 aliphatic rings. The monoisotopic (exact) mass is 216 g/mol. The second kappa shape index (κ2) is 4.50. The van der Waals surface area contributed by atoms with Crippen molar-refractivity contribution in [3.05, 3.63) is 24.0 Å². The van der Waals surface area contributed by atoms with Crippen molar-refractivity contribution in [1.82, 2.24) is 4.98 Å². The van der Waals surface area contributed by atoms with Crippen molar-refractivity contribution in [2.24, 2.45) is 5.73 Å². The Kier molecular flexibility index (Phi) is 3.07. The van der Waals surface area contributed by atoms with Gasteiger partial charge in [-0.2, -0.15) is 5.26 Å². The molecule has 1 fully saturated rings. The maximum atomic E-state index is 8.68. The van der Waals surface area contributed by atoms with Gasteiger partial charge in [-0.15, -0.1) is 0 Å². The molecule has 0 bridgehead atoms. The van der Waals surface area contributed by atoms with E-state index < -0.39 is 0 Å². The van der Waals surface area contributed by atoms with E-state index in [9.17, 15) is 0 Å². The minimum absolute atomic E-state index is 0.317. The van der Waals surface area contributed by atoms with Gasteiger partial charge in [-0.3, -0.25) is 0 Å². The van der Waals surface area contributed by atoms with Crippen molar-refractivity contribution in [1.29, 1.82) is 5.26 Å². The first-order valence-corrected chi connectivity index (χ1v) is 5.59. The van der Waals surface area contributed by atoms with Crippen molar-refractivity contribution >= 4 is 5.69 Å². The van der Waals surface area contributed by atoms with Gasteiger partial charge >= 0.3 is 0 Å². The summed E-state index contributed by atoms with van der Waals surface area (Å²) in [7, 11) is 0. The van der Waals surface area contributed by atoms with Gasteiger partial charge in [0, 0.05) is 18.6 Å². The van der Waals surface area contributed by atoms with E-state index in [0.717, 1.165) is 25.1 Å². The number of pyridine rings is 1. The van der Waals surface area contributed by atoms with E-state index in [4.69, 9.17) is 11.0 Å². The first-order valence-electron chi connectivity index (χ1n) is 5.59. The minimum Gasteiger partial charge on any atom is -0.367 e. The Morgan fingerprint density at radius 1 is 1.56 bits per heavy atom. The highest BCUT2D eigenvalue weighted by Crippen LogP contribution is 2.23. The van der Waals surface area contributed by atoms with Crippen LogP contribution in [0.4, 0.5) is 5.69 Å². The third-order valence-corrected chi connectivity index (χ3v) is 3.11. The van der Waals surface area contributed by atoms with E-state index in [1.807, 2.05) is 12.1 Å². The molecule has 0 saturated carbocycles. The van der Waals surface area contributed by atoms with Crippen molar-refractivity contribution < 1.29 is 0 Å². The van der Waals surface area contributed by atoms with Crippen molar-refractivity contribution in [3.63, 3.8) is 0 Å².